The van der Waals surface area contributed by atoms with Crippen LogP contribution >= 0.6 is 34.3 Å². The van der Waals surface area contributed by atoms with Crippen LogP contribution < -0.4 is 4.90 Å². The maximum absolute atomic E-state index is 13.9. The second-order valence-electron chi connectivity index (χ2n) is 8.29. The average molecular weight is 541 g/mol. The van der Waals surface area contributed by atoms with Crippen molar-refractivity contribution in [1.82, 2.24) is 14.2 Å². The molecular formula is C23H29ClN4O3S3. The van der Waals surface area contributed by atoms with Gasteiger partial charge < -0.3 is 4.90 Å². The lowest BCUT2D eigenvalue weighted by atomic mass is 10.2. The number of halogens is 1. The van der Waals surface area contributed by atoms with Crippen LogP contribution in [0.25, 0.3) is 10.2 Å². The van der Waals surface area contributed by atoms with E-state index in [0.717, 1.165) is 28.9 Å². The highest BCUT2D eigenvalue weighted by molar-refractivity contribution is 7.91. The number of nitrogens with zero attached hydrogens (tertiary/aromatic N) is 4. The number of aromatic nitrogens is 1. The molecule has 184 valence electrons. The molecule has 1 unspecified atom stereocenters. The Morgan fingerprint density at radius 2 is 2.03 bits per heavy atom. The van der Waals surface area contributed by atoms with Crippen molar-refractivity contribution in [2.45, 2.75) is 43.9 Å². The van der Waals surface area contributed by atoms with E-state index in [-0.39, 0.29) is 10.1 Å². The van der Waals surface area contributed by atoms with Crippen molar-refractivity contribution < 1.29 is 13.2 Å². The van der Waals surface area contributed by atoms with Crippen LogP contribution in [-0.2, 0) is 14.8 Å². The Morgan fingerprint density at radius 1 is 1.26 bits per heavy atom. The highest BCUT2D eigenvalue weighted by Crippen LogP contribution is 2.35. The van der Waals surface area contributed by atoms with Gasteiger partial charge in [0.2, 0.25) is 5.91 Å². The molecule has 1 aromatic carbocycles. The summed E-state index contributed by atoms with van der Waals surface area (Å²) in [5.74, 6) is -0.215. The molecule has 4 rings (SSSR count). The molecule has 1 aliphatic heterocycles. The number of hydrogen-bond donors (Lipinski definition) is 0. The summed E-state index contributed by atoms with van der Waals surface area (Å²) in [5.41, 5.74) is 1.77. The van der Waals surface area contributed by atoms with Crippen LogP contribution in [0.5, 0.6) is 0 Å². The van der Waals surface area contributed by atoms with Crippen molar-refractivity contribution >= 4 is 65.6 Å². The second kappa shape index (κ2) is 10.6. The van der Waals surface area contributed by atoms with Crippen LogP contribution in [0.15, 0.2) is 33.9 Å². The first-order chi connectivity index (χ1) is 16.3. The SMILES string of the molecule is CCN(CC)CCN(C(=O)C1CCCN1S(=O)(=O)c1cccs1)c1nc2c(C)cc(Cl)cc2s1. The van der Waals surface area contributed by atoms with Crippen LogP contribution in [0.2, 0.25) is 5.02 Å². The summed E-state index contributed by atoms with van der Waals surface area (Å²) in [5, 5.41) is 2.95. The predicted octanol–water partition coefficient (Wildman–Crippen LogP) is 4.85. The molecule has 34 heavy (non-hydrogen) atoms. The lowest BCUT2D eigenvalue weighted by Gasteiger charge is -2.29. The highest BCUT2D eigenvalue weighted by atomic mass is 35.5. The lowest BCUT2D eigenvalue weighted by Crippen LogP contribution is -2.49. The minimum atomic E-state index is -3.72. The third kappa shape index (κ3) is 5.03. The first kappa shape index (κ1) is 25.5. The van der Waals surface area contributed by atoms with Crippen LogP contribution in [-0.4, -0.2) is 67.3 Å². The molecule has 1 aliphatic rings. The Morgan fingerprint density at radius 3 is 2.71 bits per heavy atom. The van der Waals surface area contributed by atoms with Gasteiger partial charge in [-0.2, -0.15) is 4.31 Å². The number of fused-ring (bicyclic) bond motifs is 1. The number of rotatable bonds is 9. The van der Waals surface area contributed by atoms with Crippen molar-refractivity contribution in [2.24, 2.45) is 0 Å². The van der Waals surface area contributed by atoms with Gasteiger partial charge in [-0.1, -0.05) is 42.9 Å². The van der Waals surface area contributed by atoms with Gasteiger partial charge in [-0.15, -0.1) is 11.3 Å². The highest BCUT2D eigenvalue weighted by Gasteiger charge is 2.42. The second-order valence-corrected chi connectivity index (χ2v) is 12.8. The van der Waals surface area contributed by atoms with E-state index in [1.165, 1.54) is 27.0 Å². The third-order valence-electron chi connectivity index (χ3n) is 6.22. The number of amides is 1. The zero-order valence-electron chi connectivity index (χ0n) is 19.5. The molecule has 1 fully saturated rings. The molecule has 7 nitrogen and oxygen atoms in total. The maximum atomic E-state index is 13.9. The molecule has 2 aromatic heterocycles. The Bertz CT molecular complexity index is 1260. The molecule has 0 bridgehead atoms. The number of carbonyl (C=O) groups is 1. The van der Waals surface area contributed by atoms with Gasteiger partial charge in [0, 0.05) is 24.7 Å². The number of thiophene rings is 1. The van der Waals surface area contributed by atoms with Crippen LogP contribution in [0.1, 0.15) is 32.3 Å². The third-order valence-corrected chi connectivity index (χ3v) is 10.7. The van der Waals surface area contributed by atoms with Gasteiger partial charge in [-0.05, 0) is 62.0 Å². The molecule has 0 saturated carbocycles. The summed E-state index contributed by atoms with van der Waals surface area (Å²) in [6.07, 6.45) is 1.15. The fourth-order valence-electron chi connectivity index (χ4n) is 4.32. The molecular weight excluding hydrogens is 512 g/mol. The molecule has 1 amide bonds. The molecule has 0 radical (unpaired) electrons. The zero-order valence-corrected chi connectivity index (χ0v) is 22.7. The average Bonchev–Trinajstić information content (AvgIpc) is 3.57. The first-order valence-corrected chi connectivity index (χ1v) is 14.9. The molecule has 3 heterocycles. The van der Waals surface area contributed by atoms with E-state index in [4.69, 9.17) is 16.6 Å². The Kier molecular flexibility index (Phi) is 7.95. The van der Waals surface area contributed by atoms with Crippen molar-refractivity contribution in [2.75, 3.05) is 37.6 Å². The summed E-state index contributed by atoms with van der Waals surface area (Å²) < 4.78 is 29.1. The summed E-state index contributed by atoms with van der Waals surface area (Å²) in [6.45, 7) is 9.33. The summed E-state index contributed by atoms with van der Waals surface area (Å²) >= 11 is 8.85. The standard InChI is InChI=1S/C23H29ClN4O3S3/c1-4-26(5-2)11-12-27(23-25-21-16(3)14-17(24)15-19(21)33-23)22(29)18-8-6-10-28(18)34(30,31)20-9-7-13-32-20/h7,9,13-15,18H,4-6,8,10-12H2,1-3H3. The fraction of sp³-hybridized carbons (Fsp3) is 0.478. The smallest absolute Gasteiger partial charge is 0.253 e. The summed E-state index contributed by atoms with van der Waals surface area (Å²) in [4.78, 5) is 22.7. The summed E-state index contributed by atoms with van der Waals surface area (Å²) in [7, 11) is -3.72. The van der Waals surface area contributed by atoms with Gasteiger partial charge in [-0.3, -0.25) is 9.69 Å². The van der Waals surface area contributed by atoms with E-state index >= 15 is 0 Å². The molecule has 3 aromatic rings. The van der Waals surface area contributed by atoms with E-state index in [1.54, 1.807) is 22.4 Å². The van der Waals surface area contributed by atoms with Crippen molar-refractivity contribution in [3.63, 3.8) is 0 Å². The minimum Gasteiger partial charge on any atom is -0.302 e. The number of aryl methyl sites for hydroxylation is 1. The van der Waals surface area contributed by atoms with Gasteiger partial charge in [0.25, 0.3) is 10.0 Å². The van der Waals surface area contributed by atoms with E-state index in [9.17, 15) is 13.2 Å². The Hall–Kier alpha value is -1.56. The molecule has 11 heteroatoms. The quantitative estimate of drug-likeness (QED) is 0.388. The molecule has 0 aliphatic carbocycles. The molecule has 1 saturated heterocycles. The van der Waals surface area contributed by atoms with E-state index in [1.807, 2.05) is 19.1 Å². The van der Waals surface area contributed by atoms with Crippen LogP contribution in [0, 0.1) is 6.92 Å². The molecule has 0 spiro atoms. The first-order valence-electron chi connectivity index (χ1n) is 11.4. The van der Waals surface area contributed by atoms with E-state index in [0.29, 0.717) is 42.6 Å². The van der Waals surface area contributed by atoms with Crippen molar-refractivity contribution in [1.29, 1.82) is 0 Å². The number of benzene rings is 1. The van der Waals surface area contributed by atoms with Gasteiger partial charge in [0.15, 0.2) is 5.13 Å². The largest absolute Gasteiger partial charge is 0.302 e. The van der Waals surface area contributed by atoms with Crippen molar-refractivity contribution in [3.05, 3.63) is 40.2 Å². The fourth-order valence-corrected chi connectivity index (χ4v) is 8.54. The van der Waals surface area contributed by atoms with Gasteiger partial charge in [0.05, 0.1) is 10.2 Å². The topological polar surface area (TPSA) is 73.8 Å². The predicted molar refractivity (Wildman–Crippen MR) is 141 cm³/mol. The van der Waals surface area contributed by atoms with Crippen LogP contribution in [0.3, 0.4) is 0 Å². The molecule has 1 atom stereocenters. The zero-order chi connectivity index (χ0) is 24.5. The number of hydrogen-bond acceptors (Lipinski definition) is 7. The number of likely N-dealkylation sites (N-methyl/N-ethyl adjacent to an activating group) is 1. The number of sulfonamides is 1. The van der Waals surface area contributed by atoms with E-state index < -0.39 is 16.1 Å². The lowest BCUT2D eigenvalue weighted by molar-refractivity contribution is -0.121. The maximum Gasteiger partial charge on any atom is 0.253 e. The van der Waals surface area contributed by atoms with Crippen molar-refractivity contribution in [3.8, 4) is 0 Å². The molecule has 0 N–H and O–H groups in total. The Balaban J connectivity index is 1.70. The van der Waals surface area contributed by atoms with Gasteiger partial charge >= 0.3 is 0 Å². The van der Waals surface area contributed by atoms with Gasteiger partial charge in [0.1, 0.15) is 10.3 Å². The van der Waals surface area contributed by atoms with Crippen LogP contribution in [0.4, 0.5) is 5.13 Å². The number of anilines is 1. The van der Waals surface area contributed by atoms with Gasteiger partial charge in [-0.25, -0.2) is 13.4 Å². The summed E-state index contributed by atoms with van der Waals surface area (Å²) in [6, 6.07) is 6.30. The normalized spacial score (nSPS) is 17.1. The Labute approximate surface area is 214 Å². The number of thiazole rings is 1. The monoisotopic (exact) mass is 540 g/mol. The van der Waals surface area contributed by atoms with E-state index in [2.05, 4.69) is 18.7 Å². The minimum absolute atomic E-state index is 0.215. The number of carbonyl (C=O) groups excluding carboxylic acids is 1.